The largest absolute Gasteiger partial charge is 0.492 e. The highest BCUT2D eigenvalue weighted by molar-refractivity contribution is 7.09. The minimum absolute atomic E-state index is 0.296. The molecule has 1 aromatic carbocycles. The molecule has 0 saturated heterocycles. The SMILES string of the molecule is Cc1nsc(NCCOc2ccc(F)c(F)c2)n1. The van der Waals surface area contributed by atoms with Gasteiger partial charge in [0.1, 0.15) is 18.2 Å². The number of aromatic nitrogens is 2. The number of benzene rings is 1. The maximum absolute atomic E-state index is 12.9. The van der Waals surface area contributed by atoms with E-state index in [9.17, 15) is 8.78 Å². The zero-order valence-corrected chi connectivity index (χ0v) is 10.4. The number of rotatable bonds is 5. The molecule has 0 amide bonds. The van der Waals surface area contributed by atoms with E-state index in [4.69, 9.17) is 4.74 Å². The summed E-state index contributed by atoms with van der Waals surface area (Å²) in [5, 5.41) is 3.72. The number of hydrogen-bond donors (Lipinski definition) is 1. The van der Waals surface area contributed by atoms with Crippen molar-refractivity contribution in [1.29, 1.82) is 0 Å². The summed E-state index contributed by atoms with van der Waals surface area (Å²) in [5.41, 5.74) is 0. The van der Waals surface area contributed by atoms with Crippen molar-refractivity contribution in [2.24, 2.45) is 0 Å². The van der Waals surface area contributed by atoms with Crippen LogP contribution >= 0.6 is 11.5 Å². The third-order valence-electron chi connectivity index (χ3n) is 2.07. The van der Waals surface area contributed by atoms with Crippen molar-refractivity contribution in [3.05, 3.63) is 35.7 Å². The lowest BCUT2D eigenvalue weighted by atomic mass is 10.3. The van der Waals surface area contributed by atoms with E-state index in [2.05, 4.69) is 14.7 Å². The number of halogens is 2. The van der Waals surface area contributed by atoms with Crippen molar-refractivity contribution < 1.29 is 13.5 Å². The lowest BCUT2D eigenvalue weighted by molar-refractivity contribution is 0.329. The minimum atomic E-state index is -0.916. The van der Waals surface area contributed by atoms with Crippen LogP contribution in [-0.4, -0.2) is 22.5 Å². The van der Waals surface area contributed by atoms with Gasteiger partial charge in [0, 0.05) is 17.6 Å². The topological polar surface area (TPSA) is 47.0 Å². The molecule has 0 saturated carbocycles. The summed E-state index contributed by atoms with van der Waals surface area (Å²) < 4.78 is 34.8. The molecule has 0 unspecified atom stereocenters. The lowest BCUT2D eigenvalue weighted by Crippen LogP contribution is -2.11. The molecule has 0 aliphatic rings. The number of hydrogen-bond acceptors (Lipinski definition) is 5. The molecule has 4 nitrogen and oxygen atoms in total. The molecule has 0 aliphatic carbocycles. The van der Waals surface area contributed by atoms with Gasteiger partial charge >= 0.3 is 0 Å². The predicted molar refractivity (Wildman–Crippen MR) is 65.0 cm³/mol. The highest BCUT2D eigenvalue weighted by Crippen LogP contribution is 2.15. The molecule has 0 spiro atoms. The molecular formula is C11H11F2N3OS. The van der Waals surface area contributed by atoms with E-state index < -0.39 is 11.6 Å². The fourth-order valence-corrected chi connectivity index (χ4v) is 1.86. The quantitative estimate of drug-likeness (QED) is 0.849. The second-order valence-electron chi connectivity index (χ2n) is 3.50. The van der Waals surface area contributed by atoms with Crippen molar-refractivity contribution in [2.45, 2.75) is 6.92 Å². The molecule has 0 radical (unpaired) electrons. The van der Waals surface area contributed by atoms with Gasteiger partial charge in [0.15, 0.2) is 11.6 Å². The molecule has 1 heterocycles. The molecule has 1 aromatic heterocycles. The van der Waals surface area contributed by atoms with E-state index in [0.717, 1.165) is 12.1 Å². The van der Waals surface area contributed by atoms with Crippen molar-refractivity contribution in [1.82, 2.24) is 9.36 Å². The molecule has 0 atom stereocenters. The number of anilines is 1. The maximum Gasteiger partial charge on any atom is 0.202 e. The molecule has 18 heavy (non-hydrogen) atoms. The van der Waals surface area contributed by atoms with Gasteiger partial charge in [0.2, 0.25) is 5.13 Å². The highest BCUT2D eigenvalue weighted by atomic mass is 32.1. The van der Waals surface area contributed by atoms with Crippen LogP contribution in [0.2, 0.25) is 0 Å². The standard InChI is InChI=1S/C11H11F2N3OS/c1-7-15-11(18-16-7)14-4-5-17-8-2-3-9(12)10(13)6-8/h2-3,6H,4-5H2,1H3,(H,14,15,16). The van der Waals surface area contributed by atoms with E-state index in [-0.39, 0.29) is 0 Å². The van der Waals surface area contributed by atoms with Gasteiger partial charge in [-0.3, -0.25) is 0 Å². The molecule has 0 bridgehead atoms. The van der Waals surface area contributed by atoms with Crippen molar-refractivity contribution in [3.8, 4) is 5.75 Å². The monoisotopic (exact) mass is 271 g/mol. The maximum atomic E-state index is 12.9. The van der Waals surface area contributed by atoms with Crippen molar-refractivity contribution >= 4 is 16.7 Å². The average molecular weight is 271 g/mol. The van der Waals surface area contributed by atoms with Crippen LogP contribution in [-0.2, 0) is 0 Å². The van der Waals surface area contributed by atoms with Crippen LogP contribution in [0.25, 0.3) is 0 Å². The van der Waals surface area contributed by atoms with Crippen LogP contribution in [0.5, 0.6) is 5.75 Å². The van der Waals surface area contributed by atoms with Gasteiger partial charge < -0.3 is 10.1 Å². The Kier molecular flexibility index (Phi) is 4.03. The fraction of sp³-hybridized carbons (Fsp3) is 0.273. The Balaban J connectivity index is 1.76. The second-order valence-corrected chi connectivity index (χ2v) is 4.25. The summed E-state index contributed by atoms with van der Waals surface area (Å²) in [7, 11) is 0. The van der Waals surface area contributed by atoms with E-state index >= 15 is 0 Å². The predicted octanol–water partition coefficient (Wildman–Crippen LogP) is 2.62. The Hall–Kier alpha value is -1.76. The van der Waals surface area contributed by atoms with E-state index in [1.807, 2.05) is 0 Å². The third kappa shape index (κ3) is 3.36. The van der Waals surface area contributed by atoms with Crippen LogP contribution in [0.15, 0.2) is 18.2 Å². The Morgan fingerprint density at radius 3 is 2.83 bits per heavy atom. The highest BCUT2D eigenvalue weighted by Gasteiger charge is 2.03. The van der Waals surface area contributed by atoms with E-state index in [0.29, 0.717) is 29.9 Å². The zero-order chi connectivity index (χ0) is 13.0. The van der Waals surface area contributed by atoms with Gasteiger partial charge in [-0.05, 0) is 19.1 Å². The summed E-state index contributed by atoms with van der Waals surface area (Å²) in [6.07, 6.45) is 0. The normalized spacial score (nSPS) is 10.4. The van der Waals surface area contributed by atoms with Crippen LogP contribution in [0.3, 0.4) is 0 Å². The van der Waals surface area contributed by atoms with Gasteiger partial charge in [0.25, 0.3) is 0 Å². The molecule has 96 valence electrons. The number of nitrogens with zero attached hydrogens (tertiary/aromatic N) is 2. The molecule has 0 aliphatic heterocycles. The number of aryl methyl sites for hydroxylation is 1. The smallest absolute Gasteiger partial charge is 0.202 e. The first-order chi connectivity index (χ1) is 8.65. The lowest BCUT2D eigenvalue weighted by Gasteiger charge is -2.06. The molecule has 7 heteroatoms. The van der Waals surface area contributed by atoms with Gasteiger partial charge in [0.05, 0.1) is 6.54 Å². The van der Waals surface area contributed by atoms with Gasteiger partial charge in [-0.15, -0.1) is 0 Å². The first-order valence-corrected chi connectivity index (χ1v) is 6.04. The molecule has 2 aromatic rings. The molecular weight excluding hydrogens is 260 g/mol. The van der Waals surface area contributed by atoms with Crippen LogP contribution < -0.4 is 10.1 Å². The Labute approximate surface area is 107 Å². The first-order valence-electron chi connectivity index (χ1n) is 5.27. The summed E-state index contributed by atoms with van der Waals surface area (Å²) >= 11 is 1.26. The number of nitrogens with one attached hydrogen (secondary N) is 1. The summed E-state index contributed by atoms with van der Waals surface area (Å²) in [6, 6.07) is 3.43. The van der Waals surface area contributed by atoms with E-state index in [1.54, 1.807) is 6.92 Å². The molecule has 2 rings (SSSR count). The Bertz CT molecular complexity index is 533. The summed E-state index contributed by atoms with van der Waals surface area (Å²) in [6.45, 7) is 2.64. The van der Waals surface area contributed by atoms with Gasteiger partial charge in [-0.25, -0.2) is 13.8 Å². The summed E-state index contributed by atoms with van der Waals surface area (Å²) in [4.78, 5) is 4.11. The fourth-order valence-electron chi connectivity index (χ4n) is 1.26. The summed E-state index contributed by atoms with van der Waals surface area (Å²) in [5.74, 6) is -0.793. The molecule has 0 fully saturated rings. The van der Waals surface area contributed by atoms with Crippen LogP contribution in [0.1, 0.15) is 5.82 Å². The van der Waals surface area contributed by atoms with E-state index in [1.165, 1.54) is 17.6 Å². The third-order valence-corrected chi connectivity index (χ3v) is 2.83. The molecule has 1 N–H and O–H groups in total. The Morgan fingerprint density at radius 1 is 1.33 bits per heavy atom. The zero-order valence-electron chi connectivity index (χ0n) is 9.61. The van der Waals surface area contributed by atoms with Crippen LogP contribution in [0, 0.1) is 18.6 Å². The van der Waals surface area contributed by atoms with Crippen molar-refractivity contribution in [2.75, 3.05) is 18.5 Å². The van der Waals surface area contributed by atoms with Gasteiger partial charge in [-0.1, -0.05) is 0 Å². The first kappa shape index (κ1) is 12.7. The van der Waals surface area contributed by atoms with Crippen molar-refractivity contribution in [3.63, 3.8) is 0 Å². The van der Waals surface area contributed by atoms with Crippen LogP contribution in [0.4, 0.5) is 13.9 Å². The minimum Gasteiger partial charge on any atom is -0.492 e. The second kappa shape index (κ2) is 5.72. The average Bonchev–Trinajstić information content (AvgIpc) is 2.75. The number of ether oxygens (including phenoxy) is 1. The van der Waals surface area contributed by atoms with Gasteiger partial charge in [-0.2, -0.15) is 4.37 Å². The Morgan fingerprint density at radius 2 is 2.17 bits per heavy atom.